The number of Topliss-reactive ketones (excluding diaryl/α,β-unsaturated/α-hetero) is 1. The third-order valence-corrected chi connectivity index (χ3v) is 5.81. The number of hydrogen-bond donors (Lipinski definition) is 1. The van der Waals surface area contributed by atoms with E-state index < -0.39 is 0 Å². The number of hydrogen-bond acceptors (Lipinski definition) is 5. The third-order valence-electron chi connectivity index (χ3n) is 5.81. The second-order valence-electron chi connectivity index (χ2n) is 7.83. The molecule has 0 radical (unpaired) electrons. The van der Waals surface area contributed by atoms with E-state index in [1.807, 2.05) is 30.3 Å². The van der Waals surface area contributed by atoms with Crippen molar-refractivity contribution in [3.8, 4) is 11.5 Å². The Bertz CT molecular complexity index is 908. The highest BCUT2D eigenvalue weighted by atomic mass is 16.5. The van der Waals surface area contributed by atoms with Crippen molar-refractivity contribution < 1.29 is 19.1 Å². The van der Waals surface area contributed by atoms with Gasteiger partial charge in [0.1, 0.15) is 0 Å². The van der Waals surface area contributed by atoms with Gasteiger partial charge < -0.3 is 14.8 Å². The molecular formula is C25H32N2O4. The summed E-state index contributed by atoms with van der Waals surface area (Å²) in [5.74, 6) is 1.43. The number of nitrogens with one attached hydrogen (secondary N) is 1. The minimum Gasteiger partial charge on any atom is -0.493 e. The van der Waals surface area contributed by atoms with Crippen molar-refractivity contribution in [3.05, 3.63) is 58.7 Å². The number of benzene rings is 2. The molecule has 0 aromatic heterocycles. The maximum Gasteiger partial charge on any atom is 0.220 e. The van der Waals surface area contributed by atoms with Gasteiger partial charge in [0, 0.05) is 44.6 Å². The molecule has 0 unspecified atom stereocenters. The van der Waals surface area contributed by atoms with Crippen molar-refractivity contribution in [3.63, 3.8) is 0 Å². The van der Waals surface area contributed by atoms with Gasteiger partial charge in [0.25, 0.3) is 0 Å². The quantitative estimate of drug-likeness (QED) is 0.592. The van der Waals surface area contributed by atoms with Crippen molar-refractivity contribution in [1.82, 2.24) is 10.2 Å². The Labute approximate surface area is 184 Å². The number of fused-ring (bicyclic) bond motifs is 1. The summed E-state index contributed by atoms with van der Waals surface area (Å²) in [4.78, 5) is 26.8. The number of methoxy groups -OCH3 is 2. The number of ketones is 1. The molecule has 6 nitrogen and oxygen atoms in total. The zero-order valence-electron chi connectivity index (χ0n) is 18.7. The van der Waals surface area contributed by atoms with Gasteiger partial charge in [-0.2, -0.15) is 0 Å². The minimum absolute atomic E-state index is 0.00909. The molecule has 0 spiro atoms. The number of carbonyl (C=O) groups excluding carboxylic acids is 2. The van der Waals surface area contributed by atoms with E-state index in [1.54, 1.807) is 14.2 Å². The largest absolute Gasteiger partial charge is 0.493 e. The van der Waals surface area contributed by atoms with Gasteiger partial charge in [0.15, 0.2) is 17.3 Å². The average Bonchev–Trinajstić information content (AvgIpc) is 2.81. The Morgan fingerprint density at radius 1 is 1.00 bits per heavy atom. The fourth-order valence-corrected chi connectivity index (χ4v) is 3.87. The molecule has 0 atom stereocenters. The van der Waals surface area contributed by atoms with Crippen LogP contribution in [0.3, 0.4) is 0 Å². The van der Waals surface area contributed by atoms with Crippen LogP contribution in [0.2, 0.25) is 0 Å². The van der Waals surface area contributed by atoms with Crippen molar-refractivity contribution in [1.29, 1.82) is 0 Å². The molecular weight excluding hydrogens is 392 g/mol. The summed E-state index contributed by atoms with van der Waals surface area (Å²) in [6, 6.07) is 11.7. The smallest absolute Gasteiger partial charge is 0.220 e. The summed E-state index contributed by atoms with van der Waals surface area (Å²) in [5, 5.41) is 2.94. The summed E-state index contributed by atoms with van der Waals surface area (Å²) in [7, 11) is 3.29. The van der Waals surface area contributed by atoms with E-state index in [9.17, 15) is 9.59 Å². The first-order chi connectivity index (χ1) is 15.0. The molecule has 1 aliphatic rings. The summed E-state index contributed by atoms with van der Waals surface area (Å²) in [6.07, 6.45) is 2.33. The summed E-state index contributed by atoms with van der Waals surface area (Å²) in [5.41, 5.74) is 4.38. The molecule has 2 aromatic rings. The van der Waals surface area contributed by atoms with Gasteiger partial charge in [-0.15, -0.1) is 0 Å². The van der Waals surface area contributed by atoms with E-state index >= 15 is 0 Å². The Hall–Kier alpha value is -2.86. The lowest BCUT2D eigenvalue weighted by Gasteiger charge is -2.29. The molecule has 31 heavy (non-hydrogen) atoms. The first-order valence-corrected chi connectivity index (χ1v) is 10.9. The molecule has 6 heteroatoms. The molecule has 1 N–H and O–H groups in total. The lowest BCUT2D eigenvalue weighted by Crippen LogP contribution is -2.37. The Balaban J connectivity index is 1.41. The van der Waals surface area contributed by atoms with Crippen LogP contribution in [0.1, 0.15) is 46.8 Å². The zero-order chi connectivity index (χ0) is 22.2. The van der Waals surface area contributed by atoms with Crippen molar-refractivity contribution in [2.45, 2.75) is 39.2 Å². The van der Waals surface area contributed by atoms with E-state index in [-0.39, 0.29) is 24.5 Å². The molecule has 3 rings (SSSR count). The van der Waals surface area contributed by atoms with Crippen LogP contribution < -0.4 is 14.8 Å². The van der Waals surface area contributed by atoms with E-state index in [2.05, 4.69) is 23.2 Å². The van der Waals surface area contributed by atoms with Gasteiger partial charge in [0.05, 0.1) is 14.2 Å². The normalized spacial score (nSPS) is 13.4. The molecule has 0 saturated carbocycles. The van der Waals surface area contributed by atoms with E-state index in [0.29, 0.717) is 12.1 Å². The Kier molecular flexibility index (Phi) is 8.06. The summed E-state index contributed by atoms with van der Waals surface area (Å²) in [6.45, 7) is 5.17. The van der Waals surface area contributed by atoms with Crippen molar-refractivity contribution >= 4 is 11.7 Å². The summed E-state index contributed by atoms with van der Waals surface area (Å²) >= 11 is 0. The van der Waals surface area contributed by atoms with Crippen molar-refractivity contribution in [2.24, 2.45) is 0 Å². The third kappa shape index (κ3) is 6.07. The van der Waals surface area contributed by atoms with Crippen LogP contribution in [0.4, 0.5) is 0 Å². The first-order valence-electron chi connectivity index (χ1n) is 10.9. The molecule has 0 fully saturated rings. The van der Waals surface area contributed by atoms with Gasteiger partial charge in [-0.3, -0.25) is 14.5 Å². The molecule has 0 aliphatic carbocycles. The fraction of sp³-hybridized carbons (Fsp3) is 0.440. The van der Waals surface area contributed by atoms with E-state index in [1.165, 1.54) is 16.7 Å². The van der Waals surface area contributed by atoms with Crippen LogP contribution in [-0.2, 0) is 24.2 Å². The van der Waals surface area contributed by atoms with Crippen LogP contribution >= 0.6 is 0 Å². The number of ether oxygens (including phenoxy) is 2. The van der Waals surface area contributed by atoms with Crippen LogP contribution in [0.25, 0.3) is 0 Å². The highest BCUT2D eigenvalue weighted by molar-refractivity contribution is 5.97. The van der Waals surface area contributed by atoms with Gasteiger partial charge in [0.2, 0.25) is 5.91 Å². The molecule has 0 bridgehead atoms. The highest BCUT2D eigenvalue weighted by Gasteiger charge is 2.19. The van der Waals surface area contributed by atoms with Crippen molar-refractivity contribution in [2.75, 3.05) is 33.9 Å². The van der Waals surface area contributed by atoms with Gasteiger partial charge in [-0.05, 0) is 41.7 Å². The predicted octanol–water partition coefficient (Wildman–Crippen LogP) is 3.40. The van der Waals surface area contributed by atoms with Crippen LogP contribution in [0.15, 0.2) is 36.4 Å². The Morgan fingerprint density at radius 3 is 2.32 bits per heavy atom. The number of amides is 1. The first kappa shape index (κ1) is 22.8. The SMILES string of the molecule is CCc1ccc(C(=O)CCC(=O)NCCN2CCc3cc(OC)c(OC)cc3C2)cc1. The molecule has 166 valence electrons. The standard InChI is InChI=1S/C25H32N2O4/c1-4-18-5-7-19(8-6-18)22(28)9-10-25(29)26-12-14-27-13-11-20-15-23(30-2)24(31-3)16-21(20)17-27/h5-8,15-16H,4,9-14,17H2,1-3H3,(H,26,29). The maximum atomic E-state index is 12.3. The van der Waals surface area contributed by atoms with Crippen LogP contribution in [0.5, 0.6) is 11.5 Å². The maximum absolute atomic E-state index is 12.3. The lowest BCUT2D eigenvalue weighted by atomic mass is 9.99. The van der Waals surface area contributed by atoms with Crippen LogP contribution in [0, 0.1) is 0 Å². The van der Waals surface area contributed by atoms with Gasteiger partial charge in [-0.25, -0.2) is 0 Å². The zero-order valence-corrected chi connectivity index (χ0v) is 18.7. The number of nitrogens with zero attached hydrogens (tertiary/aromatic N) is 1. The predicted molar refractivity (Wildman–Crippen MR) is 121 cm³/mol. The number of rotatable bonds is 10. The second kappa shape index (κ2) is 11.0. The van der Waals surface area contributed by atoms with Gasteiger partial charge >= 0.3 is 0 Å². The van der Waals surface area contributed by atoms with Crippen LogP contribution in [-0.4, -0.2) is 50.4 Å². The number of aryl methyl sites for hydroxylation is 1. The fourth-order valence-electron chi connectivity index (χ4n) is 3.87. The van der Waals surface area contributed by atoms with E-state index in [0.717, 1.165) is 44.0 Å². The lowest BCUT2D eigenvalue weighted by molar-refractivity contribution is -0.121. The number of carbonyl (C=O) groups is 2. The summed E-state index contributed by atoms with van der Waals surface area (Å²) < 4.78 is 10.8. The highest BCUT2D eigenvalue weighted by Crippen LogP contribution is 2.33. The second-order valence-corrected chi connectivity index (χ2v) is 7.83. The molecule has 2 aromatic carbocycles. The molecule has 1 amide bonds. The van der Waals surface area contributed by atoms with Gasteiger partial charge in [-0.1, -0.05) is 31.2 Å². The molecule has 1 heterocycles. The molecule has 0 saturated heterocycles. The Morgan fingerprint density at radius 2 is 1.68 bits per heavy atom. The average molecular weight is 425 g/mol. The molecule has 1 aliphatic heterocycles. The monoisotopic (exact) mass is 424 g/mol. The van der Waals surface area contributed by atoms with E-state index in [4.69, 9.17) is 9.47 Å². The topological polar surface area (TPSA) is 67.9 Å². The minimum atomic E-state index is -0.0812.